The molecule has 2 aromatic heterocycles. The molecule has 2 fully saturated rings. The summed E-state index contributed by atoms with van der Waals surface area (Å²) in [6, 6.07) is 11.4. The van der Waals surface area contributed by atoms with Gasteiger partial charge in [-0.25, -0.2) is 14.6 Å². The lowest BCUT2D eigenvalue weighted by atomic mass is 9.78. The molecule has 2 aliphatic heterocycles. The molecule has 0 saturated carbocycles. The van der Waals surface area contributed by atoms with E-state index in [1.165, 1.54) is 0 Å². The predicted octanol–water partition coefficient (Wildman–Crippen LogP) is 4.01. The highest BCUT2D eigenvalue weighted by Crippen LogP contribution is 2.41. The zero-order valence-electron chi connectivity index (χ0n) is 22.5. The predicted molar refractivity (Wildman–Crippen MR) is 133 cm³/mol. The highest BCUT2D eigenvalue weighted by Gasteiger charge is 2.49. The molecular weight excluding hydrogens is 578 g/mol. The molecule has 2 aromatic rings. The molecule has 2 amide bonds. The zero-order valence-corrected chi connectivity index (χ0v) is 22.5. The summed E-state index contributed by atoms with van der Waals surface area (Å²) in [5.41, 5.74) is 2.70. The van der Waals surface area contributed by atoms with Crippen molar-refractivity contribution in [1.82, 2.24) is 19.8 Å². The Bertz CT molecular complexity index is 1280. The number of carbonyl (C=O) groups excluding carboxylic acids is 2. The number of likely N-dealkylation sites (tertiary alicyclic amines) is 2. The molecule has 0 aromatic carbocycles. The van der Waals surface area contributed by atoms with E-state index >= 15 is 0 Å². The Morgan fingerprint density at radius 3 is 1.88 bits per heavy atom. The van der Waals surface area contributed by atoms with Crippen LogP contribution >= 0.6 is 0 Å². The number of aromatic nitrogens is 2. The lowest BCUT2D eigenvalue weighted by Gasteiger charge is -2.39. The molecule has 16 heteroatoms. The van der Waals surface area contributed by atoms with Crippen molar-refractivity contribution in [3.8, 4) is 0 Å². The number of alkyl halides is 6. The number of nitrogens with zero attached hydrogens (tertiary/aromatic N) is 4. The van der Waals surface area contributed by atoms with Crippen molar-refractivity contribution in [3.05, 3.63) is 59.2 Å². The Balaban J connectivity index is 0.000000367. The van der Waals surface area contributed by atoms with Crippen LogP contribution in [0, 0.1) is 19.3 Å². The molecule has 10 nitrogen and oxygen atoms in total. The van der Waals surface area contributed by atoms with E-state index in [-0.39, 0.29) is 11.8 Å². The summed E-state index contributed by atoms with van der Waals surface area (Å²) < 4.78 is 63.5. The molecule has 1 atom stereocenters. The largest absolute Gasteiger partial charge is 0.490 e. The Kier molecular flexibility index (Phi) is 11.0. The third kappa shape index (κ3) is 9.41. The molecule has 4 heterocycles. The fourth-order valence-corrected chi connectivity index (χ4v) is 4.43. The van der Waals surface area contributed by atoms with E-state index in [0.29, 0.717) is 25.3 Å². The summed E-state index contributed by atoms with van der Waals surface area (Å²) in [6.07, 6.45) is -7.68. The van der Waals surface area contributed by atoms with Crippen LogP contribution in [0.15, 0.2) is 36.4 Å². The molecule has 42 heavy (non-hydrogen) atoms. The van der Waals surface area contributed by atoms with E-state index < -0.39 is 29.7 Å². The summed E-state index contributed by atoms with van der Waals surface area (Å²) in [6.45, 7) is 6.27. The van der Waals surface area contributed by atoms with Gasteiger partial charge in [-0.15, -0.1) is 0 Å². The van der Waals surface area contributed by atoms with E-state index in [9.17, 15) is 35.9 Å². The van der Waals surface area contributed by atoms with Crippen LogP contribution < -0.4 is 0 Å². The highest BCUT2D eigenvalue weighted by atomic mass is 19.4. The fourth-order valence-electron chi connectivity index (χ4n) is 4.43. The van der Waals surface area contributed by atoms with Gasteiger partial charge in [0, 0.05) is 31.0 Å². The second-order valence-electron chi connectivity index (χ2n) is 9.63. The average Bonchev–Trinajstić information content (AvgIpc) is 3.17. The van der Waals surface area contributed by atoms with E-state index in [2.05, 4.69) is 9.97 Å². The molecule has 0 radical (unpaired) electrons. The van der Waals surface area contributed by atoms with Crippen LogP contribution in [0.3, 0.4) is 0 Å². The number of hydrogen-bond donors (Lipinski definition) is 2. The van der Waals surface area contributed by atoms with Gasteiger partial charge < -0.3 is 20.0 Å². The van der Waals surface area contributed by atoms with Crippen LogP contribution in [0.4, 0.5) is 26.3 Å². The van der Waals surface area contributed by atoms with Crippen molar-refractivity contribution >= 4 is 23.8 Å². The van der Waals surface area contributed by atoms with Gasteiger partial charge in [-0.05, 0) is 57.4 Å². The van der Waals surface area contributed by atoms with E-state index in [1.54, 1.807) is 6.07 Å². The van der Waals surface area contributed by atoms with Gasteiger partial charge in [0.05, 0.1) is 17.7 Å². The maximum absolute atomic E-state index is 13.3. The van der Waals surface area contributed by atoms with Crippen molar-refractivity contribution in [2.75, 3.05) is 19.6 Å². The van der Waals surface area contributed by atoms with Gasteiger partial charge >= 0.3 is 24.3 Å². The molecule has 0 aliphatic carbocycles. The van der Waals surface area contributed by atoms with E-state index in [1.807, 2.05) is 54.0 Å². The highest BCUT2D eigenvalue weighted by molar-refractivity contribution is 5.93. The average molecular weight is 607 g/mol. The van der Waals surface area contributed by atoms with Gasteiger partial charge in [-0.3, -0.25) is 14.6 Å². The number of carboxylic acid groups (broad SMARTS) is 2. The van der Waals surface area contributed by atoms with Crippen LogP contribution in [0.1, 0.15) is 46.8 Å². The fraction of sp³-hybridized carbons (Fsp3) is 0.462. The lowest BCUT2D eigenvalue weighted by molar-refractivity contribution is -0.193. The van der Waals surface area contributed by atoms with Gasteiger partial charge in [0.25, 0.3) is 5.91 Å². The first-order chi connectivity index (χ1) is 19.4. The van der Waals surface area contributed by atoms with Crippen LogP contribution in [0.5, 0.6) is 0 Å². The number of carbonyl (C=O) groups is 4. The van der Waals surface area contributed by atoms with E-state index in [0.717, 1.165) is 42.9 Å². The summed E-state index contributed by atoms with van der Waals surface area (Å²) in [7, 11) is 0. The lowest BCUT2D eigenvalue weighted by Crippen LogP contribution is -2.50. The molecule has 2 saturated heterocycles. The van der Waals surface area contributed by atoms with Crippen LogP contribution in [-0.2, 0) is 20.9 Å². The first kappa shape index (κ1) is 34.0. The summed E-state index contributed by atoms with van der Waals surface area (Å²) in [5.74, 6) is -5.43. The summed E-state index contributed by atoms with van der Waals surface area (Å²) in [4.78, 5) is 56.6. The van der Waals surface area contributed by atoms with E-state index in [4.69, 9.17) is 19.8 Å². The maximum atomic E-state index is 13.3. The molecule has 2 N–H and O–H groups in total. The Hall–Kier alpha value is -4.24. The van der Waals surface area contributed by atoms with Crippen LogP contribution in [-0.4, -0.2) is 85.7 Å². The Morgan fingerprint density at radius 1 is 0.857 bits per heavy atom. The third-order valence-corrected chi connectivity index (χ3v) is 6.36. The minimum Gasteiger partial charge on any atom is -0.475 e. The topological polar surface area (TPSA) is 141 Å². The van der Waals surface area contributed by atoms with Crippen molar-refractivity contribution in [2.45, 2.75) is 52.0 Å². The van der Waals surface area contributed by atoms with Gasteiger partial charge in [-0.2, -0.15) is 26.3 Å². The van der Waals surface area contributed by atoms with Gasteiger partial charge in [-0.1, -0.05) is 12.1 Å². The van der Waals surface area contributed by atoms with Gasteiger partial charge in [0.2, 0.25) is 5.91 Å². The first-order valence-corrected chi connectivity index (χ1v) is 12.4. The van der Waals surface area contributed by atoms with Gasteiger partial charge in [0.15, 0.2) is 0 Å². The number of rotatable bonds is 3. The molecule has 1 unspecified atom stereocenters. The first-order valence-electron chi connectivity index (χ1n) is 12.4. The maximum Gasteiger partial charge on any atom is 0.490 e. The number of aliphatic carboxylic acids is 2. The number of aryl methyl sites for hydroxylation is 2. The minimum atomic E-state index is -5.08. The molecular formula is C26H28F6N4O6. The Labute approximate surface area is 236 Å². The van der Waals surface area contributed by atoms with Crippen LogP contribution in [0.2, 0.25) is 0 Å². The quantitative estimate of drug-likeness (QED) is 0.500. The van der Waals surface area contributed by atoms with Crippen molar-refractivity contribution in [2.24, 2.45) is 5.41 Å². The SMILES string of the molecule is Cc1cccc(CN2CCC3(CCCN(C(=O)c4cccc(C)n4)C3)C2=O)n1.O=C(O)C(F)(F)F.O=C(O)C(F)(F)F. The normalized spacial score (nSPS) is 18.5. The third-order valence-electron chi connectivity index (χ3n) is 6.36. The number of hydrogen-bond acceptors (Lipinski definition) is 6. The minimum absolute atomic E-state index is 0.0747. The number of pyridine rings is 2. The summed E-state index contributed by atoms with van der Waals surface area (Å²) in [5, 5.41) is 14.2. The second-order valence-corrected chi connectivity index (χ2v) is 9.63. The smallest absolute Gasteiger partial charge is 0.475 e. The molecule has 0 bridgehead atoms. The summed E-state index contributed by atoms with van der Waals surface area (Å²) >= 11 is 0. The number of carboxylic acids is 2. The number of piperidine rings is 1. The number of amides is 2. The Morgan fingerprint density at radius 2 is 1.38 bits per heavy atom. The molecule has 4 rings (SSSR count). The standard InChI is InChI=1S/C22H26N4O2.2C2HF3O2/c1-16-6-3-8-18(23-16)14-25-13-11-22(21(25)28)10-5-12-26(15-22)20(27)19-9-4-7-17(2)24-19;2*3-2(4,5)1(6)7/h3-4,6-9H,5,10-15H2,1-2H3;2*(H,6,7). The molecule has 2 aliphatic rings. The van der Waals surface area contributed by atoms with Crippen molar-refractivity contribution in [3.63, 3.8) is 0 Å². The zero-order chi connectivity index (χ0) is 31.9. The number of halogens is 6. The van der Waals surface area contributed by atoms with Crippen molar-refractivity contribution in [1.29, 1.82) is 0 Å². The monoisotopic (exact) mass is 606 g/mol. The molecule has 1 spiro atoms. The van der Waals surface area contributed by atoms with Crippen LogP contribution in [0.25, 0.3) is 0 Å². The van der Waals surface area contributed by atoms with Gasteiger partial charge in [0.1, 0.15) is 5.69 Å². The molecule has 230 valence electrons. The van der Waals surface area contributed by atoms with Crippen molar-refractivity contribution < 1.29 is 55.7 Å². The second kappa shape index (κ2) is 13.6.